The van der Waals surface area contributed by atoms with Gasteiger partial charge in [-0.25, -0.2) is 4.98 Å². The minimum absolute atomic E-state index is 0.0356. The second kappa shape index (κ2) is 7.73. The standard InChI is InChI=1S/C19H20N6O3/c1-14(19-21-17(22-28-19)15-6-3-2-4-7-15)23-10-12-24(13-11-23)18-16(25(26)27)8-5-9-20-18/h2-9,14H,10-13H2,1H3. The highest BCUT2D eigenvalue weighted by Crippen LogP contribution is 2.28. The van der Waals surface area contributed by atoms with Gasteiger partial charge in [-0.3, -0.25) is 15.0 Å². The van der Waals surface area contributed by atoms with Gasteiger partial charge in [0.05, 0.1) is 11.0 Å². The lowest BCUT2D eigenvalue weighted by atomic mass is 10.2. The number of hydrogen-bond acceptors (Lipinski definition) is 8. The fraction of sp³-hybridized carbons (Fsp3) is 0.316. The lowest BCUT2D eigenvalue weighted by Gasteiger charge is -2.37. The van der Waals surface area contributed by atoms with Crippen molar-refractivity contribution < 1.29 is 9.45 Å². The third kappa shape index (κ3) is 3.56. The molecule has 0 N–H and O–H groups in total. The van der Waals surface area contributed by atoms with Crippen molar-refractivity contribution in [2.45, 2.75) is 13.0 Å². The van der Waals surface area contributed by atoms with Crippen LogP contribution in [0.25, 0.3) is 11.4 Å². The first-order valence-corrected chi connectivity index (χ1v) is 9.11. The van der Waals surface area contributed by atoms with Gasteiger partial charge in [0.1, 0.15) is 0 Å². The van der Waals surface area contributed by atoms with Gasteiger partial charge in [-0.15, -0.1) is 0 Å². The van der Waals surface area contributed by atoms with Crippen LogP contribution >= 0.6 is 0 Å². The second-order valence-electron chi connectivity index (χ2n) is 6.62. The molecule has 1 saturated heterocycles. The maximum absolute atomic E-state index is 11.2. The highest BCUT2D eigenvalue weighted by Gasteiger charge is 2.29. The van der Waals surface area contributed by atoms with Crippen molar-refractivity contribution in [2.24, 2.45) is 0 Å². The molecule has 0 amide bonds. The smallest absolute Gasteiger partial charge is 0.311 e. The summed E-state index contributed by atoms with van der Waals surface area (Å²) in [5.74, 6) is 1.56. The Kier molecular flexibility index (Phi) is 4.98. The van der Waals surface area contributed by atoms with Crippen LogP contribution in [0.3, 0.4) is 0 Å². The Bertz CT molecular complexity index is 953. The van der Waals surface area contributed by atoms with E-state index >= 15 is 0 Å². The third-order valence-electron chi connectivity index (χ3n) is 4.96. The average Bonchev–Trinajstić information content (AvgIpc) is 3.24. The van der Waals surface area contributed by atoms with E-state index in [9.17, 15) is 10.1 Å². The van der Waals surface area contributed by atoms with Crippen LogP contribution in [0.1, 0.15) is 18.9 Å². The number of benzene rings is 1. The fourth-order valence-electron chi connectivity index (χ4n) is 3.36. The molecule has 1 aromatic carbocycles. The molecule has 1 aliphatic rings. The summed E-state index contributed by atoms with van der Waals surface area (Å²) >= 11 is 0. The van der Waals surface area contributed by atoms with Crippen molar-refractivity contribution in [3.63, 3.8) is 0 Å². The first-order chi connectivity index (χ1) is 13.6. The van der Waals surface area contributed by atoms with Crippen LogP contribution in [-0.4, -0.2) is 51.1 Å². The van der Waals surface area contributed by atoms with Crippen molar-refractivity contribution in [2.75, 3.05) is 31.1 Å². The quantitative estimate of drug-likeness (QED) is 0.492. The van der Waals surface area contributed by atoms with Crippen molar-refractivity contribution in [3.05, 3.63) is 64.7 Å². The summed E-state index contributed by atoms with van der Waals surface area (Å²) in [6, 6.07) is 12.7. The number of aromatic nitrogens is 3. The summed E-state index contributed by atoms with van der Waals surface area (Å²) in [4.78, 5) is 23.8. The molecule has 9 nitrogen and oxygen atoms in total. The zero-order chi connectivity index (χ0) is 19.5. The molecule has 1 fully saturated rings. The molecule has 0 spiro atoms. The number of piperazine rings is 1. The Morgan fingerprint density at radius 2 is 1.86 bits per heavy atom. The van der Waals surface area contributed by atoms with E-state index in [1.165, 1.54) is 6.07 Å². The molecule has 3 aromatic rings. The van der Waals surface area contributed by atoms with Crippen LogP contribution in [0.15, 0.2) is 53.2 Å². The van der Waals surface area contributed by atoms with Gasteiger partial charge in [0.25, 0.3) is 0 Å². The molecular weight excluding hydrogens is 360 g/mol. The fourth-order valence-corrected chi connectivity index (χ4v) is 3.36. The van der Waals surface area contributed by atoms with E-state index in [1.54, 1.807) is 12.3 Å². The predicted molar refractivity (Wildman–Crippen MR) is 103 cm³/mol. The van der Waals surface area contributed by atoms with E-state index in [-0.39, 0.29) is 16.7 Å². The molecule has 3 heterocycles. The Balaban J connectivity index is 1.43. The molecule has 0 saturated carbocycles. The van der Waals surface area contributed by atoms with Crippen molar-refractivity contribution >= 4 is 11.5 Å². The highest BCUT2D eigenvalue weighted by molar-refractivity contribution is 5.57. The Labute approximate surface area is 161 Å². The first kappa shape index (κ1) is 18.1. The Morgan fingerprint density at radius 1 is 1.11 bits per heavy atom. The molecule has 0 radical (unpaired) electrons. The normalized spacial score (nSPS) is 16.1. The summed E-state index contributed by atoms with van der Waals surface area (Å²) in [7, 11) is 0. The van der Waals surface area contributed by atoms with Gasteiger partial charge in [0.15, 0.2) is 0 Å². The van der Waals surface area contributed by atoms with Gasteiger partial charge in [-0.1, -0.05) is 35.5 Å². The second-order valence-corrected chi connectivity index (χ2v) is 6.62. The molecule has 0 bridgehead atoms. The van der Waals surface area contributed by atoms with Crippen molar-refractivity contribution in [3.8, 4) is 11.4 Å². The molecule has 0 aliphatic carbocycles. The van der Waals surface area contributed by atoms with Crippen LogP contribution < -0.4 is 4.90 Å². The zero-order valence-corrected chi connectivity index (χ0v) is 15.4. The van der Waals surface area contributed by atoms with Gasteiger partial charge in [-0.2, -0.15) is 4.98 Å². The minimum atomic E-state index is -0.388. The van der Waals surface area contributed by atoms with Gasteiger partial charge < -0.3 is 9.42 Å². The maximum Gasteiger partial charge on any atom is 0.311 e. The van der Waals surface area contributed by atoms with E-state index in [0.717, 1.165) is 18.7 Å². The average molecular weight is 380 g/mol. The maximum atomic E-state index is 11.2. The van der Waals surface area contributed by atoms with E-state index in [4.69, 9.17) is 4.52 Å². The Morgan fingerprint density at radius 3 is 2.57 bits per heavy atom. The summed E-state index contributed by atoms with van der Waals surface area (Å²) in [6.07, 6.45) is 1.58. The highest BCUT2D eigenvalue weighted by atomic mass is 16.6. The van der Waals surface area contributed by atoms with Gasteiger partial charge in [0.2, 0.25) is 17.5 Å². The molecular formula is C19H20N6O3. The van der Waals surface area contributed by atoms with Crippen molar-refractivity contribution in [1.29, 1.82) is 0 Å². The number of rotatable bonds is 5. The van der Waals surface area contributed by atoms with Crippen LogP contribution in [0.4, 0.5) is 11.5 Å². The van der Waals surface area contributed by atoms with Crippen molar-refractivity contribution in [1.82, 2.24) is 20.0 Å². The van der Waals surface area contributed by atoms with E-state index in [0.29, 0.717) is 30.6 Å². The molecule has 1 atom stereocenters. The van der Waals surface area contributed by atoms with Gasteiger partial charge in [0, 0.05) is 44.0 Å². The van der Waals surface area contributed by atoms with Crippen LogP contribution in [-0.2, 0) is 0 Å². The monoisotopic (exact) mass is 380 g/mol. The van der Waals surface area contributed by atoms with Crippen LogP contribution in [0.5, 0.6) is 0 Å². The molecule has 9 heteroatoms. The number of nitro groups is 1. The Hall–Kier alpha value is -3.33. The minimum Gasteiger partial charge on any atom is -0.348 e. The first-order valence-electron chi connectivity index (χ1n) is 9.11. The number of pyridine rings is 1. The van der Waals surface area contributed by atoms with Crippen LogP contribution in [0.2, 0.25) is 0 Å². The summed E-state index contributed by atoms with van der Waals surface area (Å²) in [6.45, 7) is 4.75. The largest absolute Gasteiger partial charge is 0.348 e. The molecule has 1 aliphatic heterocycles. The predicted octanol–water partition coefficient (Wildman–Crippen LogP) is 2.92. The summed E-state index contributed by atoms with van der Waals surface area (Å²) in [5.41, 5.74) is 0.949. The number of nitrogens with zero attached hydrogens (tertiary/aromatic N) is 6. The lowest BCUT2D eigenvalue weighted by Crippen LogP contribution is -2.47. The topological polar surface area (TPSA) is 101 Å². The molecule has 144 valence electrons. The zero-order valence-electron chi connectivity index (χ0n) is 15.4. The van der Waals surface area contributed by atoms with E-state index in [1.807, 2.05) is 42.2 Å². The summed E-state index contributed by atoms with van der Waals surface area (Å²) < 4.78 is 5.48. The molecule has 28 heavy (non-hydrogen) atoms. The summed E-state index contributed by atoms with van der Waals surface area (Å²) in [5, 5.41) is 15.3. The van der Waals surface area contributed by atoms with Gasteiger partial charge >= 0.3 is 5.69 Å². The van der Waals surface area contributed by atoms with E-state index < -0.39 is 0 Å². The van der Waals surface area contributed by atoms with Gasteiger partial charge in [-0.05, 0) is 13.0 Å². The lowest BCUT2D eigenvalue weighted by molar-refractivity contribution is -0.384. The molecule has 4 rings (SSSR count). The molecule has 2 aromatic heterocycles. The van der Waals surface area contributed by atoms with E-state index in [2.05, 4.69) is 20.0 Å². The molecule has 1 unspecified atom stereocenters. The third-order valence-corrected chi connectivity index (χ3v) is 4.96. The number of hydrogen-bond donors (Lipinski definition) is 0. The SMILES string of the molecule is CC(c1nc(-c2ccccc2)no1)N1CCN(c2ncccc2[N+](=O)[O-])CC1. The number of anilines is 1. The van der Waals surface area contributed by atoms with Crippen LogP contribution in [0, 0.1) is 10.1 Å².